The normalized spacial score (nSPS) is 12.4. The number of methoxy groups -OCH3 is 1. The van der Waals surface area contributed by atoms with Gasteiger partial charge in [-0.1, -0.05) is 12.1 Å². The summed E-state index contributed by atoms with van der Waals surface area (Å²) < 4.78 is 5.02. The quantitative estimate of drug-likeness (QED) is 0.273. The Kier molecular flexibility index (Phi) is 9.44. The Morgan fingerprint density at radius 2 is 1.76 bits per heavy atom. The van der Waals surface area contributed by atoms with Crippen LogP contribution in [0.15, 0.2) is 30.3 Å². The highest BCUT2D eigenvalue weighted by atomic mass is 16.5. The van der Waals surface area contributed by atoms with Gasteiger partial charge in [-0.15, -0.1) is 0 Å². The van der Waals surface area contributed by atoms with Crippen LogP contribution < -0.4 is 21.5 Å². The van der Waals surface area contributed by atoms with Crippen LogP contribution in [0.1, 0.15) is 53.3 Å². The molecule has 0 fully saturated rings. The van der Waals surface area contributed by atoms with Crippen molar-refractivity contribution in [2.45, 2.75) is 44.2 Å². The van der Waals surface area contributed by atoms with E-state index in [-0.39, 0.29) is 48.9 Å². The number of anilines is 1. The summed E-state index contributed by atoms with van der Waals surface area (Å²) in [6, 6.07) is 5.88. The molecule has 1 heterocycles. The third kappa shape index (κ3) is 8.13. The molecule has 1 amide bonds. The van der Waals surface area contributed by atoms with Gasteiger partial charge in [-0.25, -0.2) is 9.78 Å². The molecule has 182 valence electrons. The molecular formula is C22H27N5O7. The van der Waals surface area contributed by atoms with E-state index in [1.165, 1.54) is 25.3 Å². The Bertz CT molecular complexity index is 1040. The van der Waals surface area contributed by atoms with Gasteiger partial charge in [0.1, 0.15) is 11.8 Å². The van der Waals surface area contributed by atoms with Gasteiger partial charge in [-0.2, -0.15) is 4.98 Å². The van der Waals surface area contributed by atoms with Crippen molar-refractivity contribution >= 4 is 29.6 Å². The molecule has 7 N–H and O–H groups in total. The van der Waals surface area contributed by atoms with Gasteiger partial charge in [-0.3, -0.25) is 14.4 Å². The highest BCUT2D eigenvalue weighted by molar-refractivity contribution is 5.96. The lowest BCUT2D eigenvalue weighted by atomic mass is 10.0. The van der Waals surface area contributed by atoms with Crippen LogP contribution in [0.2, 0.25) is 0 Å². The number of ketones is 1. The summed E-state index contributed by atoms with van der Waals surface area (Å²) in [6.07, 6.45) is 0.0679. The summed E-state index contributed by atoms with van der Waals surface area (Å²) in [5.41, 5.74) is 13.1. The van der Waals surface area contributed by atoms with E-state index in [0.717, 1.165) is 5.56 Å². The Morgan fingerprint density at radius 1 is 1.09 bits per heavy atom. The minimum absolute atomic E-state index is 0.00191. The number of aliphatic carboxylic acids is 2. The largest absolute Gasteiger partial charge is 0.481 e. The van der Waals surface area contributed by atoms with E-state index in [1.807, 2.05) is 0 Å². The van der Waals surface area contributed by atoms with E-state index in [4.69, 9.17) is 26.4 Å². The van der Waals surface area contributed by atoms with Gasteiger partial charge in [0.05, 0.1) is 18.8 Å². The summed E-state index contributed by atoms with van der Waals surface area (Å²) in [5, 5.41) is 20.2. The monoisotopic (exact) mass is 473 g/mol. The maximum atomic E-state index is 12.4. The molecule has 12 heteroatoms. The number of hydrogen-bond donors (Lipinski definition) is 5. The molecule has 1 aromatic heterocycles. The fraction of sp³-hybridized carbons (Fsp3) is 0.364. The van der Waals surface area contributed by atoms with Crippen molar-refractivity contribution in [3.05, 3.63) is 47.2 Å². The predicted molar refractivity (Wildman–Crippen MR) is 120 cm³/mol. The second kappa shape index (κ2) is 12.3. The van der Waals surface area contributed by atoms with Gasteiger partial charge in [0, 0.05) is 30.9 Å². The minimum Gasteiger partial charge on any atom is -0.481 e. The van der Waals surface area contributed by atoms with E-state index < -0.39 is 29.9 Å². The zero-order chi connectivity index (χ0) is 25.3. The summed E-state index contributed by atoms with van der Waals surface area (Å²) in [4.78, 5) is 54.4. The van der Waals surface area contributed by atoms with Crippen LogP contribution in [-0.4, -0.2) is 57.0 Å². The number of carbonyl (C=O) groups excluding carboxylic acids is 2. The number of nitrogens with one attached hydrogen (secondary N) is 1. The fourth-order valence-electron chi connectivity index (χ4n) is 3.08. The molecule has 0 bridgehead atoms. The molecule has 0 saturated carbocycles. The summed E-state index contributed by atoms with van der Waals surface area (Å²) >= 11 is 0. The maximum absolute atomic E-state index is 12.4. The number of carbonyl (C=O) groups is 4. The summed E-state index contributed by atoms with van der Waals surface area (Å²) in [6.45, 7) is 0. The average Bonchev–Trinajstić information content (AvgIpc) is 2.79. The number of benzene rings is 1. The Labute approximate surface area is 195 Å². The number of amides is 1. The molecular weight excluding hydrogens is 446 g/mol. The molecule has 0 aliphatic rings. The number of ether oxygens (including phenoxy) is 1. The van der Waals surface area contributed by atoms with Crippen LogP contribution >= 0.6 is 0 Å². The number of aryl methyl sites for hydroxylation is 1. The first-order valence-corrected chi connectivity index (χ1v) is 10.4. The van der Waals surface area contributed by atoms with Crippen LogP contribution in [0.5, 0.6) is 5.88 Å². The van der Waals surface area contributed by atoms with Crippen molar-refractivity contribution < 1.29 is 34.1 Å². The Balaban J connectivity index is 1.88. The first-order chi connectivity index (χ1) is 16.1. The van der Waals surface area contributed by atoms with Crippen molar-refractivity contribution in [1.82, 2.24) is 15.3 Å². The molecule has 34 heavy (non-hydrogen) atoms. The van der Waals surface area contributed by atoms with Crippen molar-refractivity contribution in [3.63, 3.8) is 0 Å². The molecule has 2 atom stereocenters. The van der Waals surface area contributed by atoms with Crippen molar-refractivity contribution in [3.8, 4) is 5.88 Å². The van der Waals surface area contributed by atoms with Crippen LogP contribution in [0.25, 0.3) is 0 Å². The number of rotatable bonds is 13. The zero-order valence-electron chi connectivity index (χ0n) is 18.6. The highest BCUT2D eigenvalue weighted by Gasteiger charge is 2.21. The second-order valence-electron chi connectivity index (χ2n) is 7.54. The van der Waals surface area contributed by atoms with E-state index in [2.05, 4.69) is 15.3 Å². The van der Waals surface area contributed by atoms with Gasteiger partial charge in [0.15, 0.2) is 0 Å². The number of Topliss-reactive ketones (excluding diaryl/α,β-unsaturated/α-hetero) is 1. The van der Waals surface area contributed by atoms with E-state index in [1.54, 1.807) is 12.1 Å². The number of nitrogens with zero attached hydrogens (tertiary/aromatic N) is 2. The highest BCUT2D eigenvalue weighted by Crippen LogP contribution is 2.19. The Hall–Kier alpha value is -4.06. The number of hydrogen-bond acceptors (Lipinski definition) is 9. The topological polar surface area (TPSA) is 208 Å². The van der Waals surface area contributed by atoms with E-state index >= 15 is 0 Å². The molecule has 0 radical (unpaired) electrons. The van der Waals surface area contributed by atoms with E-state index in [9.17, 15) is 19.2 Å². The molecule has 0 aliphatic heterocycles. The van der Waals surface area contributed by atoms with Crippen molar-refractivity contribution in [1.29, 1.82) is 0 Å². The summed E-state index contributed by atoms with van der Waals surface area (Å²) in [5.74, 6) is -2.93. The molecule has 0 aliphatic carbocycles. The molecule has 0 saturated heterocycles. The average molecular weight is 473 g/mol. The molecule has 1 unspecified atom stereocenters. The number of nitrogen functional groups attached to an aromatic ring is 1. The van der Waals surface area contributed by atoms with Crippen LogP contribution in [-0.2, 0) is 20.8 Å². The van der Waals surface area contributed by atoms with Gasteiger partial charge in [0.2, 0.25) is 11.8 Å². The van der Waals surface area contributed by atoms with Gasteiger partial charge in [0.25, 0.3) is 5.91 Å². The minimum atomic E-state index is -1.31. The number of carboxylic acids is 2. The molecule has 0 spiro atoms. The molecule has 12 nitrogen and oxygen atoms in total. The predicted octanol–water partition coefficient (Wildman–Crippen LogP) is 0.707. The second-order valence-corrected chi connectivity index (χ2v) is 7.54. The zero-order valence-corrected chi connectivity index (χ0v) is 18.6. The van der Waals surface area contributed by atoms with Crippen LogP contribution in [0.3, 0.4) is 0 Å². The number of aromatic nitrogens is 2. The smallest absolute Gasteiger partial charge is 0.326 e. The molecule has 2 aromatic rings. The van der Waals surface area contributed by atoms with Crippen LogP contribution in [0.4, 0.5) is 5.95 Å². The number of nitrogens with two attached hydrogens (primary N) is 2. The maximum Gasteiger partial charge on any atom is 0.326 e. The standard InChI is InChI=1S/C22H27N5O7/c1-34-18-11-17(26-22(24)27-18)15(23)10-14(28)7-4-12-2-5-13(6-3-12)20(31)25-16(21(32)33)8-9-19(29)30/h2-3,5-6,11,15-16H,4,7-10,23H2,1H3,(H,25,31)(H,29,30)(H,32,33)(H2,24,26,27)/t15?,16-/m0/s1. The lowest BCUT2D eigenvalue weighted by Crippen LogP contribution is -2.41. The SMILES string of the molecule is COc1cc(C(N)CC(=O)CCc2ccc(C(=O)N[C@@H](CCC(=O)O)C(=O)O)cc2)nc(N)n1. The molecule has 1 aromatic carbocycles. The third-order valence-corrected chi connectivity index (χ3v) is 4.94. The van der Waals surface area contributed by atoms with Crippen molar-refractivity contribution in [2.24, 2.45) is 5.73 Å². The van der Waals surface area contributed by atoms with Gasteiger partial charge in [-0.05, 0) is 30.5 Å². The molecule has 2 rings (SSSR count). The van der Waals surface area contributed by atoms with Gasteiger partial charge >= 0.3 is 11.9 Å². The Morgan fingerprint density at radius 3 is 2.35 bits per heavy atom. The van der Waals surface area contributed by atoms with Crippen molar-refractivity contribution in [2.75, 3.05) is 12.8 Å². The lowest BCUT2D eigenvalue weighted by Gasteiger charge is -2.14. The first kappa shape index (κ1) is 26.2. The fourth-order valence-corrected chi connectivity index (χ4v) is 3.08. The third-order valence-electron chi connectivity index (χ3n) is 4.94. The van der Waals surface area contributed by atoms with Crippen LogP contribution in [0, 0.1) is 0 Å². The first-order valence-electron chi connectivity index (χ1n) is 10.4. The van der Waals surface area contributed by atoms with E-state index in [0.29, 0.717) is 12.1 Å². The summed E-state index contributed by atoms with van der Waals surface area (Å²) in [7, 11) is 1.43. The van der Waals surface area contributed by atoms with Gasteiger partial charge < -0.3 is 31.7 Å². The number of carboxylic acid groups (broad SMARTS) is 2. The lowest BCUT2D eigenvalue weighted by molar-refractivity contribution is -0.140.